The van der Waals surface area contributed by atoms with Gasteiger partial charge in [-0.15, -0.1) is 0 Å². The van der Waals surface area contributed by atoms with Gasteiger partial charge in [-0.3, -0.25) is 9.69 Å². The molecule has 0 aliphatic carbocycles. The molecule has 1 atom stereocenters. The minimum atomic E-state index is -0.436. The lowest BCUT2D eigenvalue weighted by molar-refractivity contribution is -0.189. The molecule has 2 heterocycles. The maximum atomic E-state index is 11.8. The van der Waals surface area contributed by atoms with Crippen LogP contribution in [0.1, 0.15) is 33.1 Å². The van der Waals surface area contributed by atoms with Gasteiger partial charge in [-0.1, -0.05) is 6.92 Å². The standard InChI is InChI=1S/C13H24N2O3/c1-3-11(2)14-12(16)9-15-6-4-5-13(10-15)17-7-8-18-13/h11H,3-10H2,1-2H3,(H,14,16). The molecule has 1 amide bonds. The lowest BCUT2D eigenvalue weighted by atomic mass is 10.0. The molecular formula is C13H24N2O3. The summed E-state index contributed by atoms with van der Waals surface area (Å²) in [5.74, 6) is -0.339. The summed E-state index contributed by atoms with van der Waals surface area (Å²) in [7, 11) is 0. The quantitative estimate of drug-likeness (QED) is 0.806. The number of carbonyl (C=O) groups is 1. The van der Waals surface area contributed by atoms with Crippen molar-refractivity contribution in [3.63, 3.8) is 0 Å². The molecule has 0 bridgehead atoms. The summed E-state index contributed by atoms with van der Waals surface area (Å²) in [6.07, 6.45) is 2.93. The number of likely N-dealkylation sites (tertiary alicyclic amines) is 1. The SMILES string of the molecule is CCC(C)NC(=O)CN1CCCC2(C1)OCCO2. The summed E-state index contributed by atoms with van der Waals surface area (Å²) in [6.45, 7) is 7.54. The normalized spacial score (nSPS) is 25.2. The molecule has 1 unspecified atom stereocenters. The van der Waals surface area contributed by atoms with Gasteiger partial charge in [-0.05, 0) is 26.3 Å². The van der Waals surface area contributed by atoms with E-state index in [4.69, 9.17) is 9.47 Å². The van der Waals surface area contributed by atoms with Crippen LogP contribution in [0.2, 0.25) is 0 Å². The second-order valence-electron chi connectivity index (χ2n) is 5.30. The zero-order valence-corrected chi connectivity index (χ0v) is 11.4. The highest BCUT2D eigenvalue weighted by molar-refractivity contribution is 5.78. The second-order valence-corrected chi connectivity index (χ2v) is 5.30. The molecule has 5 nitrogen and oxygen atoms in total. The number of carbonyl (C=O) groups excluding carboxylic acids is 1. The highest BCUT2D eigenvalue weighted by Gasteiger charge is 2.40. The van der Waals surface area contributed by atoms with E-state index in [1.54, 1.807) is 0 Å². The van der Waals surface area contributed by atoms with E-state index in [0.717, 1.165) is 25.8 Å². The van der Waals surface area contributed by atoms with Crippen molar-refractivity contribution >= 4 is 5.91 Å². The van der Waals surface area contributed by atoms with Crippen LogP contribution in [0.25, 0.3) is 0 Å². The topological polar surface area (TPSA) is 50.8 Å². The van der Waals surface area contributed by atoms with Crippen LogP contribution in [0.15, 0.2) is 0 Å². The predicted octanol–water partition coefficient (Wildman–Crippen LogP) is 0.740. The Hall–Kier alpha value is -0.650. The highest BCUT2D eigenvalue weighted by Crippen LogP contribution is 2.29. The number of amides is 1. The van der Waals surface area contributed by atoms with Crippen LogP contribution in [0.4, 0.5) is 0 Å². The molecule has 0 radical (unpaired) electrons. The Bertz CT molecular complexity index is 290. The highest BCUT2D eigenvalue weighted by atomic mass is 16.7. The van der Waals surface area contributed by atoms with E-state index in [-0.39, 0.29) is 11.9 Å². The molecule has 104 valence electrons. The van der Waals surface area contributed by atoms with E-state index in [1.165, 1.54) is 0 Å². The molecule has 2 rings (SSSR count). The number of hydrogen-bond acceptors (Lipinski definition) is 4. The summed E-state index contributed by atoms with van der Waals surface area (Å²) < 4.78 is 11.4. The monoisotopic (exact) mass is 256 g/mol. The largest absolute Gasteiger partial charge is 0.353 e. The molecule has 5 heteroatoms. The number of nitrogens with zero attached hydrogens (tertiary/aromatic N) is 1. The summed E-state index contributed by atoms with van der Waals surface area (Å²) in [5.41, 5.74) is 0. The maximum Gasteiger partial charge on any atom is 0.234 e. The van der Waals surface area contributed by atoms with Crippen molar-refractivity contribution in [3.05, 3.63) is 0 Å². The first-order valence-electron chi connectivity index (χ1n) is 6.93. The lowest BCUT2D eigenvalue weighted by Crippen LogP contribution is -2.52. The predicted molar refractivity (Wildman–Crippen MR) is 68.2 cm³/mol. The average Bonchev–Trinajstić information content (AvgIpc) is 2.77. The van der Waals surface area contributed by atoms with E-state index < -0.39 is 5.79 Å². The molecule has 0 aromatic heterocycles. The number of rotatable bonds is 4. The summed E-state index contributed by atoms with van der Waals surface area (Å²) >= 11 is 0. The third kappa shape index (κ3) is 3.43. The van der Waals surface area contributed by atoms with Crippen molar-refractivity contribution in [1.29, 1.82) is 0 Å². The number of nitrogens with one attached hydrogen (secondary N) is 1. The third-order valence-electron chi connectivity index (χ3n) is 3.70. The lowest BCUT2D eigenvalue weighted by Gasteiger charge is -2.38. The average molecular weight is 256 g/mol. The van der Waals surface area contributed by atoms with Gasteiger partial charge >= 0.3 is 0 Å². The van der Waals surface area contributed by atoms with Crippen LogP contribution in [-0.4, -0.2) is 55.5 Å². The fourth-order valence-corrected chi connectivity index (χ4v) is 2.56. The van der Waals surface area contributed by atoms with Crippen LogP contribution in [0.5, 0.6) is 0 Å². The molecule has 2 aliphatic rings. The van der Waals surface area contributed by atoms with Crippen LogP contribution in [0, 0.1) is 0 Å². The third-order valence-corrected chi connectivity index (χ3v) is 3.70. The molecule has 0 aromatic carbocycles. The van der Waals surface area contributed by atoms with Gasteiger partial charge in [0, 0.05) is 12.5 Å². The molecule has 2 saturated heterocycles. The van der Waals surface area contributed by atoms with Crippen LogP contribution in [-0.2, 0) is 14.3 Å². The molecule has 0 aromatic rings. The Morgan fingerprint density at radius 1 is 1.44 bits per heavy atom. The zero-order chi connectivity index (χ0) is 13.0. The van der Waals surface area contributed by atoms with Gasteiger partial charge in [0.2, 0.25) is 5.91 Å². The van der Waals surface area contributed by atoms with E-state index in [9.17, 15) is 4.79 Å². The van der Waals surface area contributed by atoms with Gasteiger partial charge in [0.25, 0.3) is 0 Å². The first-order chi connectivity index (χ1) is 8.63. The molecule has 2 aliphatic heterocycles. The number of ether oxygens (including phenoxy) is 2. The Labute approximate surface area is 109 Å². The zero-order valence-electron chi connectivity index (χ0n) is 11.4. The molecular weight excluding hydrogens is 232 g/mol. The molecule has 0 saturated carbocycles. The van der Waals surface area contributed by atoms with E-state index in [1.807, 2.05) is 6.92 Å². The van der Waals surface area contributed by atoms with Crippen molar-refractivity contribution in [1.82, 2.24) is 10.2 Å². The minimum Gasteiger partial charge on any atom is -0.353 e. The fraction of sp³-hybridized carbons (Fsp3) is 0.923. The molecule has 18 heavy (non-hydrogen) atoms. The van der Waals surface area contributed by atoms with Crippen LogP contribution in [0.3, 0.4) is 0 Å². The van der Waals surface area contributed by atoms with Gasteiger partial charge in [-0.2, -0.15) is 0 Å². The van der Waals surface area contributed by atoms with Crippen molar-refractivity contribution in [2.45, 2.75) is 44.9 Å². The maximum absolute atomic E-state index is 11.8. The Morgan fingerprint density at radius 2 is 2.17 bits per heavy atom. The van der Waals surface area contributed by atoms with E-state index >= 15 is 0 Å². The Kier molecular flexibility index (Phi) is 4.59. The van der Waals surface area contributed by atoms with Crippen LogP contribution < -0.4 is 5.32 Å². The van der Waals surface area contributed by atoms with Crippen LogP contribution >= 0.6 is 0 Å². The summed E-state index contributed by atoms with van der Waals surface area (Å²) in [6, 6.07) is 0.246. The second kappa shape index (κ2) is 5.99. The molecule has 1 N–H and O–H groups in total. The summed E-state index contributed by atoms with van der Waals surface area (Å²) in [5, 5.41) is 2.99. The smallest absolute Gasteiger partial charge is 0.234 e. The first-order valence-corrected chi connectivity index (χ1v) is 6.93. The first kappa shape index (κ1) is 13.8. The van der Waals surface area contributed by atoms with Crippen molar-refractivity contribution in [3.8, 4) is 0 Å². The number of hydrogen-bond donors (Lipinski definition) is 1. The van der Waals surface area contributed by atoms with Gasteiger partial charge < -0.3 is 14.8 Å². The summed E-state index contributed by atoms with van der Waals surface area (Å²) in [4.78, 5) is 14.0. The van der Waals surface area contributed by atoms with E-state index in [2.05, 4.69) is 17.1 Å². The molecule has 1 spiro atoms. The van der Waals surface area contributed by atoms with Crippen molar-refractivity contribution in [2.75, 3.05) is 32.8 Å². The fourth-order valence-electron chi connectivity index (χ4n) is 2.56. The van der Waals surface area contributed by atoms with Crippen molar-refractivity contribution < 1.29 is 14.3 Å². The number of piperidine rings is 1. The van der Waals surface area contributed by atoms with Gasteiger partial charge in [0.05, 0.1) is 26.3 Å². The Balaban J connectivity index is 1.80. The van der Waals surface area contributed by atoms with Gasteiger partial charge in [-0.25, -0.2) is 0 Å². The molecule has 2 fully saturated rings. The Morgan fingerprint density at radius 3 is 2.83 bits per heavy atom. The van der Waals surface area contributed by atoms with E-state index in [0.29, 0.717) is 26.3 Å². The van der Waals surface area contributed by atoms with Gasteiger partial charge in [0.1, 0.15) is 0 Å². The van der Waals surface area contributed by atoms with Crippen molar-refractivity contribution in [2.24, 2.45) is 0 Å². The minimum absolute atomic E-state index is 0.0967. The van der Waals surface area contributed by atoms with Gasteiger partial charge in [0.15, 0.2) is 5.79 Å².